The molecule has 152 valence electrons. The minimum Gasteiger partial charge on any atom is -0.486 e. The molecule has 0 radical (unpaired) electrons. The van der Waals surface area contributed by atoms with Crippen LogP contribution in [0.15, 0.2) is 71.4 Å². The lowest BCUT2D eigenvalue weighted by molar-refractivity contribution is 0.0991. The molecule has 2 aromatic heterocycles. The molecule has 0 atom stereocenters. The average Bonchev–Trinajstić information content (AvgIpc) is 3.36. The van der Waals surface area contributed by atoms with E-state index in [1.54, 1.807) is 24.3 Å². The van der Waals surface area contributed by atoms with Crippen LogP contribution in [0.4, 0.5) is 10.3 Å². The summed E-state index contributed by atoms with van der Waals surface area (Å²) in [5, 5.41) is 6.76. The lowest BCUT2D eigenvalue weighted by Gasteiger charge is -2.04. The summed E-state index contributed by atoms with van der Waals surface area (Å²) >= 11 is 0. The zero-order valence-electron chi connectivity index (χ0n) is 16.2. The zero-order valence-corrected chi connectivity index (χ0v) is 16.2. The number of benzene rings is 2. The number of amides is 1. The van der Waals surface area contributed by atoms with Gasteiger partial charge in [-0.2, -0.15) is 0 Å². The van der Waals surface area contributed by atoms with Crippen molar-refractivity contribution in [2.75, 3.05) is 5.32 Å². The Balaban J connectivity index is 1.34. The van der Waals surface area contributed by atoms with Crippen LogP contribution in [-0.4, -0.2) is 20.7 Å². The van der Waals surface area contributed by atoms with Gasteiger partial charge in [-0.15, -0.1) is 5.10 Å². The number of carbonyl (C=O) groups excluding carboxylic acids is 1. The summed E-state index contributed by atoms with van der Waals surface area (Å²) in [5.74, 6) is 0.711. The van der Waals surface area contributed by atoms with E-state index in [0.29, 0.717) is 12.3 Å². The first-order valence-corrected chi connectivity index (χ1v) is 9.28. The third-order valence-electron chi connectivity index (χ3n) is 4.25. The molecule has 8 heteroatoms. The number of aromatic nitrogens is 3. The molecule has 1 amide bonds. The van der Waals surface area contributed by atoms with E-state index in [9.17, 15) is 9.18 Å². The number of nitrogens with one attached hydrogen (secondary N) is 1. The van der Waals surface area contributed by atoms with Gasteiger partial charge in [0.1, 0.15) is 30.3 Å². The number of nitrogens with zero attached hydrogens (tertiary/aromatic N) is 3. The largest absolute Gasteiger partial charge is 0.486 e. The fraction of sp³-hybridized carbons (Fsp3) is 0.136. The quantitative estimate of drug-likeness (QED) is 0.497. The summed E-state index contributed by atoms with van der Waals surface area (Å²) in [7, 11) is 0. The van der Waals surface area contributed by atoms with Crippen LogP contribution in [0.3, 0.4) is 0 Å². The van der Waals surface area contributed by atoms with E-state index in [1.807, 2.05) is 31.2 Å². The number of halogens is 1. The first kappa shape index (κ1) is 19.4. The molecule has 1 N–H and O–H groups in total. The van der Waals surface area contributed by atoms with Gasteiger partial charge in [0.15, 0.2) is 5.76 Å². The third-order valence-corrected chi connectivity index (χ3v) is 4.25. The van der Waals surface area contributed by atoms with Crippen molar-refractivity contribution in [2.24, 2.45) is 0 Å². The standard InChI is InChI=1S/C22H19FN4O3/c1-15-4-2-7-18(10-15)29-13-19-8-9-20(30-19)21(28)25-22-24-14-27(26-22)12-16-5-3-6-17(23)11-16/h2-11,14H,12-13H2,1H3,(H,25,26,28). The van der Waals surface area contributed by atoms with Crippen LogP contribution in [0, 0.1) is 12.7 Å². The monoisotopic (exact) mass is 406 g/mol. The van der Waals surface area contributed by atoms with Crippen molar-refractivity contribution in [3.63, 3.8) is 0 Å². The second-order valence-electron chi connectivity index (χ2n) is 6.72. The van der Waals surface area contributed by atoms with Gasteiger partial charge in [-0.25, -0.2) is 14.1 Å². The van der Waals surface area contributed by atoms with E-state index >= 15 is 0 Å². The van der Waals surface area contributed by atoms with Gasteiger partial charge in [-0.3, -0.25) is 10.1 Å². The summed E-state index contributed by atoms with van der Waals surface area (Å²) in [5.41, 5.74) is 1.83. The van der Waals surface area contributed by atoms with Crippen LogP contribution >= 0.6 is 0 Å². The number of carbonyl (C=O) groups is 1. The molecule has 2 aromatic carbocycles. The maximum Gasteiger partial charge on any atom is 0.293 e. The van der Waals surface area contributed by atoms with Gasteiger partial charge in [0, 0.05) is 0 Å². The maximum atomic E-state index is 13.3. The van der Waals surface area contributed by atoms with Crippen molar-refractivity contribution in [1.29, 1.82) is 0 Å². The van der Waals surface area contributed by atoms with Crippen LogP contribution in [0.5, 0.6) is 5.75 Å². The molecular formula is C22H19FN4O3. The zero-order chi connectivity index (χ0) is 20.9. The second-order valence-corrected chi connectivity index (χ2v) is 6.72. The van der Waals surface area contributed by atoms with Gasteiger partial charge in [-0.05, 0) is 54.4 Å². The Morgan fingerprint density at radius 1 is 1.17 bits per heavy atom. The fourth-order valence-electron chi connectivity index (χ4n) is 2.85. The number of rotatable bonds is 7. The Labute approximate surface area is 172 Å². The normalized spacial score (nSPS) is 10.7. The molecule has 0 saturated heterocycles. The van der Waals surface area contributed by atoms with Gasteiger partial charge >= 0.3 is 0 Å². The smallest absolute Gasteiger partial charge is 0.293 e. The minimum absolute atomic E-state index is 0.124. The van der Waals surface area contributed by atoms with Crippen molar-refractivity contribution in [2.45, 2.75) is 20.1 Å². The van der Waals surface area contributed by atoms with E-state index < -0.39 is 5.91 Å². The molecule has 0 unspecified atom stereocenters. The number of ether oxygens (including phenoxy) is 1. The molecule has 0 fully saturated rings. The van der Waals surface area contributed by atoms with Crippen LogP contribution in [0.25, 0.3) is 0 Å². The number of aryl methyl sites for hydroxylation is 1. The molecule has 0 aliphatic rings. The molecule has 0 aliphatic heterocycles. The highest BCUT2D eigenvalue weighted by molar-refractivity contribution is 6.01. The van der Waals surface area contributed by atoms with Crippen LogP contribution < -0.4 is 10.1 Å². The Morgan fingerprint density at radius 2 is 2.03 bits per heavy atom. The van der Waals surface area contributed by atoms with Gasteiger partial charge in [-0.1, -0.05) is 24.3 Å². The lowest BCUT2D eigenvalue weighted by Crippen LogP contribution is -2.12. The van der Waals surface area contributed by atoms with E-state index in [0.717, 1.165) is 16.9 Å². The van der Waals surface area contributed by atoms with Crippen molar-refractivity contribution in [3.8, 4) is 5.75 Å². The summed E-state index contributed by atoms with van der Waals surface area (Å²) in [4.78, 5) is 16.4. The van der Waals surface area contributed by atoms with E-state index in [4.69, 9.17) is 9.15 Å². The highest BCUT2D eigenvalue weighted by atomic mass is 19.1. The van der Waals surface area contributed by atoms with Crippen LogP contribution in [-0.2, 0) is 13.2 Å². The Bertz CT molecular complexity index is 1170. The minimum atomic E-state index is -0.472. The average molecular weight is 406 g/mol. The lowest BCUT2D eigenvalue weighted by atomic mass is 10.2. The van der Waals surface area contributed by atoms with E-state index in [1.165, 1.54) is 23.1 Å². The molecule has 0 aliphatic carbocycles. The summed E-state index contributed by atoms with van der Waals surface area (Å²) in [6, 6.07) is 17.1. The van der Waals surface area contributed by atoms with Crippen molar-refractivity contribution in [1.82, 2.24) is 14.8 Å². The molecule has 0 spiro atoms. The Kier molecular flexibility index (Phi) is 5.56. The molecule has 30 heavy (non-hydrogen) atoms. The van der Waals surface area contributed by atoms with Gasteiger partial charge in [0.25, 0.3) is 5.91 Å². The Hall–Kier alpha value is -3.94. The summed E-state index contributed by atoms with van der Waals surface area (Å²) < 4.78 is 26.0. The molecule has 7 nitrogen and oxygen atoms in total. The highest BCUT2D eigenvalue weighted by Gasteiger charge is 2.14. The van der Waals surface area contributed by atoms with Gasteiger partial charge < -0.3 is 9.15 Å². The molecule has 2 heterocycles. The Morgan fingerprint density at radius 3 is 2.87 bits per heavy atom. The predicted octanol–water partition coefficient (Wildman–Crippen LogP) is 4.20. The van der Waals surface area contributed by atoms with Crippen LogP contribution in [0.2, 0.25) is 0 Å². The summed E-state index contributed by atoms with van der Waals surface area (Å²) in [6.07, 6.45) is 1.46. The van der Waals surface area contributed by atoms with Gasteiger partial charge in [0.2, 0.25) is 5.95 Å². The number of hydrogen-bond acceptors (Lipinski definition) is 5. The number of hydrogen-bond donors (Lipinski definition) is 1. The molecule has 0 saturated carbocycles. The number of anilines is 1. The first-order chi connectivity index (χ1) is 14.5. The van der Waals surface area contributed by atoms with Crippen molar-refractivity contribution in [3.05, 3.63) is 95.5 Å². The van der Waals surface area contributed by atoms with Crippen LogP contribution in [0.1, 0.15) is 27.4 Å². The highest BCUT2D eigenvalue weighted by Crippen LogP contribution is 2.16. The molecule has 4 rings (SSSR count). The first-order valence-electron chi connectivity index (χ1n) is 9.28. The molecular weight excluding hydrogens is 387 g/mol. The van der Waals surface area contributed by atoms with Crippen molar-refractivity contribution >= 4 is 11.9 Å². The molecule has 0 bridgehead atoms. The SMILES string of the molecule is Cc1cccc(OCc2ccc(C(=O)Nc3ncn(Cc4cccc(F)c4)n3)o2)c1. The fourth-order valence-corrected chi connectivity index (χ4v) is 2.85. The maximum absolute atomic E-state index is 13.3. The number of furan rings is 1. The summed E-state index contributed by atoms with van der Waals surface area (Å²) in [6.45, 7) is 2.52. The predicted molar refractivity (Wildman–Crippen MR) is 108 cm³/mol. The van der Waals surface area contributed by atoms with E-state index in [2.05, 4.69) is 15.4 Å². The topological polar surface area (TPSA) is 82.2 Å². The van der Waals surface area contributed by atoms with Crippen molar-refractivity contribution < 1.29 is 18.3 Å². The third kappa shape index (κ3) is 4.91. The second kappa shape index (κ2) is 8.60. The van der Waals surface area contributed by atoms with E-state index in [-0.39, 0.29) is 24.1 Å². The molecule has 4 aromatic rings. The van der Waals surface area contributed by atoms with Gasteiger partial charge in [0.05, 0.1) is 6.54 Å².